The standard InChI is InChI=1S/C19H18N4OS/c24-19(13-10-11-15-17(12-13)22-23-21-15)20-16-8-4-5-9-18(16)25-14-6-2-1-3-7-14/h1-9,13H,10-12H2,(H,20,24)(H,21,22,23). The van der Waals surface area contributed by atoms with Gasteiger partial charge in [-0.3, -0.25) is 4.79 Å². The summed E-state index contributed by atoms with van der Waals surface area (Å²) < 4.78 is 0. The zero-order valence-corrected chi connectivity index (χ0v) is 14.4. The molecule has 25 heavy (non-hydrogen) atoms. The van der Waals surface area contributed by atoms with E-state index in [2.05, 4.69) is 32.9 Å². The van der Waals surface area contributed by atoms with E-state index in [9.17, 15) is 4.79 Å². The van der Waals surface area contributed by atoms with Crippen LogP contribution in [-0.4, -0.2) is 21.3 Å². The Labute approximate surface area is 150 Å². The van der Waals surface area contributed by atoms with Crippen molar-refractivity contribution in [1.82, 2.24) is 15.4 Å². The fraction of sp³-hybridized carbons (Fsp3) is 0.211. The van der Waals surface area contributed by atoms with E-state index in [1.807, 2.05) is 42.5 Å². The predicted molar refractivity (Wildman–Crippen MR) is 97.5 cm³/mol. The van der Waals surface area contributed by atoms with Crippen LogP contribution in [0.3, 0.4) is 0 Å². The van der Waals surface area contributed by atoms with E-state index in [-0.39, 0.29) is 11.8 Å². The van der Waals surface area contributed by atoms with Crippen LogP contribution >= 0.6 is 11.8 Å². The number of H-pyrrole nitrogens is 1. The molecule has 1 aliphatic carbocycles. The summed E-state index contributed by atoms with van der Waals surface area (Å²) >= 11 is 1.65. The van der Waals surface area contributed by atoms with Gasteiger partial charge in [0, 0.05) is 22.1 Å². The summed E-state index contributed by atoms with van der Waals surface area (Å²) in [7, 11) is 0. The number of nitrogens with one attached hydrogen (secondary N) is 2. The number of hydrogen-bond donors (Lipinski definition) is 2. The molecule has 5 nitrogen and oxygen atoms in total. The number of anilines is 1. The molecule has 1 heterocycles. The molecule has 2 aromatic carbocycles. The molecular weight excluding hydrogens is 332 g/mol. The lowest BCUT2D eigenvalue weighted by Gasteiger charge is -2.20. The Balaban J connectivity index is 1.48. The zero-order chi connectivity index (χ0) is 17.1. The van der Waals surface area contributed by atoms with Crippen LogP contribution in [-0.2, 0) is 17.6 Å². The molecule has 0 fully saturated rings. The number of aryl methyl sites for hydroxylation is 1. The summed E-state index contributed by atoms with van der Waals surface area (Å²) in [6, 6.07) is 18.1. The molecule has 1 aliphatic rings. The molecule has 3 aromatic rings. The van der Waals surface area contributed by atoms with E-state index >= 15 is 0 Å². The van der Waals surface area contributed by atoms with Crippen LogP contribution in [0, 0.1) is 5.92 Å². The fourth-order valence-electron chi connectivity index (χ4n) is 3.02. The normalized spacial score (nSPS) is 16.2. The van der Waals surface area contributed by atoms with Crippen LogP contribution < -0.4 is 5.32 Å². The molecule has 2 N–H and O–H groups in total. The number of amides is 1. The van der Waals surface area contributed by atoms with Gasteiger partial charge in [-0.2, -0.15) is 15.4 Å². The summed E-state index contributed by atoms with van der Waals surface area (Å²) in [6.45, 7) is 0. The second kappa shape index (κ2) is 7.11. The van der Waals surface area contributed by atoms with Crippen LogP contribution in [0.2, 0.25) is 0 Å². The molecule has 1 atom stereocenters. The van der Waals surface area contributed by atoms with Crippen molar-refractivity contribution in [3.8, 4) is 0 Å². The number of hydrogen-bond acceptors (Lipinski definition) is 4. The maximum Gasteiger partial charge on any atom is 0.227 e. The lowest BCUT2D eigenvalue weighted by atomic mass is 9.89. The highest BCUT2D eigenvalue weighted by molar-refractivity contribution is 7.99. The maximum atomic E-state index is 12.7. The third-order valence-corrected chi connectivity index (χ3v) is 5.44. The van der Waals surface area contributed by atoms with E-state index in [4.69, 9.17) is 0 Å². The molecule has 6 heteroatoms. The average molecular weight is 350 g/mol. The third kappa shape index (κ3) is 3.58. The first kappa shape index (κ1) is 15.9. The Morgan fingerprint density at radius 3 is 2.68 bits per heavy atom. The van der Waals surface area contributed by atoms with Gasteiger partial charge in [0.2, 0.25) is 5.91 Å². The second-order valence-electron chi connectivity index (χ2n) is 6.06. The number of carbonyl (C=O) groups is 1. The summed E-state index contributed by atoms with van der Waals surface area (Å²) in [5.74, 6) is -0.0119. The number of benzene rings is 2. The first-order valence-corrected chi connectivity index (χ1v) is 9.12. The minimum Gasteiger partial charge on any atom is -0.325 e. The lowest BCUT2D eigenvalue weighted by Crippen LogP contribution is -2.28. The van der Waals surface area contributed by atoms with Crippen LogP contribution in [0.5, 0.6) is 0 Å². The Hall–Kier alpha value is -2.60. The molecule has 0 saturated carbocycles. The van der Waals surface area contributed by atoms with Gasteiger partial charge >= 0.3 is 0 Å². The Bertz CT molecular complexity index is 878. The van der Waals surface area contributed by atoms with Crippen molar-refractivity contribution >= 4 is 23.4 Å². The molecule has 126 valence electrons. The van der Waals surface area contributed by atoms with Crippen molar-refractivity contribution in [2.24, 2.45) is 5.92 Å². The first-order chi connectivity index (χ1) is 12.3. The van der Waals surface area contributed by atoms with Gasteiger partial charge < -0.3 is 5.32 Å². The number of nitrogens with zero attached hydrogens (tertiary/aromatic N) is 2. The monoisotopic (exact) mass is 350 g/mol. The first-order valence-electron chi connectivity index (χ1n) is 8.31. The van der Waals surface area contributed by atoms with E-state index in [0.717, 1.165) is 39.7 Å². The smallest absolute Gasteiger partial charge is 0.227 e. The molecule has 0 radical (unpaired) electrons. The molecule has 1 aromatic heterocycles. The average Bonchev–Trinajstić information content (AvgIpc) is 3.12. The molecule has 0 saturated heterocycles. The van der Waals surface area contributed by atoms with E-state index in [0.29, 0.717) is 6.42 Å². The lowest BCUT2D eigenvalue weighted by molar-refractivity contribution is -0.120. The number of rotatable bonds is 4. The van der Waals surface area contributed by atoms with Gasteiger partial charge in [0.25, 0.3) is 0 Å². The number of fused-ring (bicyclic) bond motifs is 1. The van der Waals surface area contributed by atoms with E-state index in [1.54, 1.807) is 11.8 Å². The summed E-state index contributed by atoms with van der Waals surface area (Å²) in [6.07, 6.45) is 2.25. The Kier molecular flexibility index (Phi) is 4.52. The predicted octanol–water partition coefficient (Wildman–Crippen LogP) is 3.70. The van der Waals surface area contributed by atoms with Crippen molar-refractivity contribution in [3.05, 3.63) is 66.0 Å². The minimum atomic E-state index is -0.0626. The zero-order valence-electron chi connectivity index (χ0n) is 13.6. The van der Waals surface area contributed by atoms with Crippen molar-refractivity contribution < 1.29 is 4.79 Å². The maximum absolute atomic E-state index is 12.7. The third-order valence-electron chi connectivity index (χ3n) is 4.36. The van der Waals surface area contributed by atoms with Gasteiger partial charge in [-0.15, -0.1) is 0 Å². The molecule has 4 rings (SSSR count). The molecule has 1 unspecified atom stereocenters. The Morgan fingerprint density at radius 1 is 1.04 bits per heavy atom. The molecule has 1 amide bonds. The number of aromatic nitrogens is 3. The van der Waals surface area contributed by atoms with Gasteiger partial charge in [-0.25, -0.2) is 0 Å². The fourth-order valence-corrected chi connectivity index (χ4v) is 3.94. The largest absolute Gasteiger partial charge is 0.325 e. The molecule has 0 spiro atoms. The van der Waals surface area contributed by atoms with Gasteiger partial charge in [-0.1, -0.05) is 42.1 Å². The van der Waals surface area contributed by atoms with E-state index in [1.165, 1.54) is 0 Å². The minimum absolute atomic E-state index is 0.0507. The second-order valence-corrected chi connectivity index (χ2v) is 7.17. The molecule has 0 bridgehead atoms. The van der Waals surface area contributed by atoms with Crippen molar-refractivity contribution in [2.75, 3.05) is 5.32 Å². The highest BCUT2D eigenvalue weighted by atomic mass is 32.2. The highest BCUT2D eigenvalue weighted by Gasteiger charge is 2.27. The van der Waals surface area contributed by atoms with Crippen LogP contribution in [0.1, 0.15) is 17.8 Å². The van der Waals surface area contributed by atoms with Crippen LogP contribution in [0.15, 0.2) is 64.4 Å². The highest BCUT2D eigenvalue weighted by Crippen LogP contribution is 2.34. The quantitative estimate of drug-likeness (QED) is 0.753. The van der Waals surface area contributed by atoms with Crippen molar-refractivity contribution in [1.29, 1.82) is 0 Å². The number of para-hydroxylation sites is 1. The number of carbonyl (C=O) groups excluding carboxylic acids is 1. The van der Waals surface area contributed by atoms with Crippen LogP contribution in [0.25, 0.3) is 0 Å². The topological polar surface area (TPSA) is 70.7 Å². The number of aromatic amines is 1. The van der Waals surface area contributed by atoms with Gasteiger partial charge in [0.1, 0.15) is 0 Å². The van der Waals surface area contributed by atoms with Gasteiger partial charge in [-0.05, 0) is 37.1 Å². The Morgan fingerprint density at radius 2 is 1.80 bits per heavy atom. The SMILES string of the molecule is O=C(Nc1ccccc1Sc1ccccc1)C1CCc2n[nH]nc2C1. The summed E-state index contributed by atoms with van der Waals surface area (Å²) in [5, 5.41) is 14.0. The van der Waals surface area contributed by atoms with Crippen molar-refractivity contribution in [3.63, 3.8) is 0 Å². The van der Waals surface area contributed by atoms with Gasteiger partial charge in [0.15, 0.2) is 0 Å². The summed E-state index contributed by atoms with van der Waals surface area (Å²) in [5.41, 5.74) is 2.76. The van der Waals surface area contributed by atoms with E-state index < -0.39 is 0 Å². The van der Waals surface area contributed by atoms with Crippen molar-refractivity contribution in [2.45, 2.75) is 29.1 Å². The molecule has 0 aliphatic heterocycles. The molecular formula is C19H18N4OS. The van der Waals surface area contributed by atoms with Crippen LogP contribution in [0.4, 0.5) is 5.69 Å². The summed E-state index contributed by atoms with van der Waals surface area (Å²) in [4.78, 5) is 14.9. The van der Waals surface area contributed by atoms with Gasteiger partial charge in [0.05, 0.1) is 17.1 Å².